The van der Waals surface area contributed by atoms with Crippen molar-refractivity contribution >= 4 is 15.7 Å². The molecule has 1 atom stereocenters. The van der Waals surface area contributed by atoms with Gasteiger partial charge in [0.05, 0.1) is 11.4 Å². The lowest BCUT2D eigenvalue weighted by Gasteiger charge is -2.37. The zero-order chi connectivity index (χ0) is 17.3. The fourth-order valence-corrected chi connectivity index (χ4v) is 5.11. The highest BCUT2D eigenvalue weighted by Crippen LogP contribution is 2.38. The molecule has 1 aliphatic heterocycles. The summed E-state index contributed by atoms with van der Waals surface area (Å²) in [7, 11) is 0.675. The van der Waals surface area contributed by atoms with Crippen LogP contribution in [0.2, 0.25) is 0 Å². The topological polar surface area (TPSA) is 40.6 Å². The second-order valence-electron chi connectivity index (χ2n) is 6.58. The molecule has 3 rings (SSSR count). The van der Waals surface area contributed by atoms with Crippen molar-refractivity contribution in [2.24, 2.45) is 0 Å². The molecule has 0 radical (unpaired) electrons. The lowest BCUT2D eigenvalue weighted by Crippen LogP contribution is -2.40. The number of anilines is 1. The lowest BCUT2D eigenvalue weighted by atomic mass is 9.97. The predicted octanol–water partition coefficient (Wildman–Crippen LogP) is 3.34. The molecule has 128 valence electrons. The van der Waals surface area contributed by atoms with Gasteiger partial charge in [0.25, 0.3) is 0 Å². The molecule has 0 saturated carbocycles. The first-order valence-electron chi connectivity index (χ1n) is 8.20. The molecule has 2 aromatic carbocycles. The molecule has 0 fully saturated rings. The van der Waals surface area contributed by atoms with E-state index < -0.39 is 10.0 Å². The van der Waals surface area contributed by atoms with Gasteiger partial charge in [0.2, 0.25) is 10.0 Å². The van der Waals surface area contributed by atoms with Gasteiger partial charge in [-0.1, -0.05) is 42.5 Å². The SMILES string of the molecule is Cc1ccccc1CS(=O)(=O)N1CCC(N(C)C)c2ccccc21. The average molecular weight is 344 g/mol. The Balaban J connectivity index is 1.97. The Morgan fingerprint density at radius 3 is 2.46 bits per heavy atom. The van der Waals surface area contributed by atoms with Crippen LogP contribution in [0.3, 0.4) is 0 Å². The van der Waals surface area contributed by atoms with E-state index in [4.69, 9.17) is 0 Å². The van der Waals surface area contributed by atoms with Crippen LogP contribution in [-0.2, 0) is 15.8 Å². The second-order valence-corrected chi connectivity index (χ2v) is 8.48. The van der Waals surface area contributed by atoms with Gasteiger partial charge in [0.15, 0.2) is 0 Å². The summed E-state index contributed by atoms with van der Waals surface area (Å²) in [5, 5.41) is 0. The van der Waals surface area contributed by atoms with Gasteiger partial charge in [-0.15, -0.1) is 0 Å². The Kier molecular flexibility index (Phi) is 4.65. The molecule has 0 aromatic heterocycles. The van der Waals surface area contributed by atoms with Crippen LogP contribution in [0.25, 0.3) is 0 Å². The average Bonchev–Trinajstić information content (AvgIpc) is 2.55. The number of hydrogen-bond acceptors (Lipinski definition) is 3. The molecule has 0 spiro atoms. The van der Waals surface area contributed by atoms with Crippen molar-refractivity contribution in [3.05, 3.63) is 65.2 Å². The van der Waals surface area contributed by atoms with Crippen molar-refractivity contribution in [3.63, 3.8) is 0 Å². The third kappa shape index (κ3) is 3.19. The minimum absolute atomic E-state index is 0.0423. The summed E-state index contributed by atoms with van der Waals surface area (Å²) in [6.07, 6.45) is 0.803. The van der Waals surface area contributed by atoms with Gasteiger partial charge in [0, 0.05) is 12.6 Å². The van der Waals surface area contributed by atoms with Crippen LogP contribution in [0.5, 0.6) is 0 Å². The Labute approximate surface area is 144 Å². The van der Waals surface area contributed by atoms with Crippen LogP contribution in [0, 0.1) is 6.92 Å². The highest BCUT2D eigenvalue weighted by atomic mass is 32.2. The molecular weight excluding hydrogens is 320 g/mol. The van der Waals surface area contributed by atoms with E-state index in [2.05, 4.69) is 4.90 Å². The molecule has 1 unspecified atom stereocenters. The van der Waals surface area contributed by atoms with Gasteiger partial charge in [-0.05, 0) is 50.2 Å². The van der Waals surface area contributed by atoms with Crippen molar-refractivity contribution in [1.82, 2.24) is 4.90 Å². The Hall–Kier alpha value is -1.85. The van der Waals surface area contributed by atoms with Crippen molar-refractivity contribution in [2.45, 2.75) is 25.1 Å². The monoisotopic (exact) mass is 344 g/mol. The molecule has 0 aliphatic carbocycles. The van der Waals surface area contributed by atoms with Gasteiger partial charge >= 0.3 is 0 Å². The van der Waals surface area contributed by atoms with Crippen molar-refractivity contribution < 1.29 is 8.42 Å². The van der Waals surface area contributed by atoms with Crippen molar-refractivity contribution in [2.75, 3.05) is 24.9 Å². The zero-order valence-corrected chi connectivity index (χ0v) is 15.3. The minimum Gasteiger partial charge on any atom is -0.302 e. The number of nitrogens with zero attached hydrogens (tertiary/aromatic N) is 2. The van der Waals surface area contributed by atoms with Crippen LogP contribution in [0.1, 0.15) is 29.2 Å². The molecule has 1 aliphatic rings. The Morgan fingerprint density at radius 2 is 1.75 bits per heavy atom. The first kappa shape index (κ1) is 17.0. The lowest BCUT2D eigenvalue weighted by molar-refractivity contribution is 0.281. The second kappa shape index (κ2) is 6.57. The zero-order valence-electron chi connectivity index (χ0n) is 14.4. The predicted molar refractivity (Wildman–Crippen MR) is 98.6 cm³/mol. The third-order valence-electron chi connectivity index (χ3n) is 4.73. The maximum atomic E-state index is 13.1. The van der Waals surface area contributed by atoms with Crippen molar-refractivity contribution in [1.29, 1.82) is 0 Å². The van der Waals surface area contributed by atoms with Gasteiger partial charge in [-0.25, -0.2) is 8.42 Å². The summed E-state index contributed by atoms with van der Waals surface area (Å²) >= 11 is 0. The number of aryl methyl sites for hydroxylation is 1. The number of hydrogen-bond donors (Lipinski definition) is 0. The van der Waals surface area contributed by atoms with Gasteiger partial charge in [0.1, 0.15) is 0 Å². The smallest absolute Gasteiger partial charge is 0.239 e. The minimum atomic E-state index is -3.41. The summed E-state index contributed by atoms with van der Waals surface area (Å²) in [5.41, 5.74) is 3.78. The Morgan fingerprint density at radius 1 is 1.08 bits per heavy atom. The summed E-state index contributed by atoms with van der Waals surface area (Å²) in [6, 6.07) is 15.8. The normalized spacial score (nSPS) is 17.8. The number of benzene rings is 2. The van der Waals surface area contributed by atoms with E-state index in [9.17, 15) is 8.42 Å². The largest absolute Gasteiger partial charge is 0.302 e. The number of para-hydroxylation sites is 1. The highest BCUT2D eigenvalue weighted by Gasteiger charge is 2.32. The van der Waals surface area contributed by atoms with E-state index in [1.807, 2.05) is 69.6 Å². The van der Waals surface area contributed by atoms with Crippen LogP contribution < -0.4 is 4.31 Å². The van der Waals surface area contributed by atoms with E-state index in [1.165, 1.54) is 0 Å². The molecule has 4 nitrogen and oxygen atoms in total. The summed E-state index contributed by atoms with van der Waals surface area (Å²) in [5.74, 6) is 0.0423. The first-order valence-corrected chi connectivity index (χ1v) is 9.81. The van der Waals surface area contributed by atoms with E-state index in [1.54, 1.807) is 4.31 Å². The van der Waals surface area contributed by atoms with Gasteiger partial charge in [-0.3, -0.25) is 4.31 Å². The van der Waals surface area contributed by atoms with Crippen LogP contribution in [0.15, 0.2) is 48.5 Å². The Bertz CT molecular complexity index is 831. The van der Waals surface area contributed by atoms with E-state index >= 15 is 0 Å². The molecule has 1 heterocycles. The van der Waals surface area contributed by atoms with Crippen LogP contribution >= 0.6 is 0 Å². The number of sulfonamides is 1. The molecule has 0 bridgehead atoms. The summed E-state index contributed by atoms with van der Waals surface area (Å²) < 4.78 is 27.7. The van der Waals surface area contributed by atoms with Gasteiger partial charge in [-0.2, -0.15) is 0 Å². The fourth-order valence-electron chi connectivity index (χ4n) is 3.38. The molecule has 2 aromatic rings. The number of rotatable bonds is 4. The van der Waals surface area contributed by atoms with E-state index in [0.29, 0.717) is 6.54 Å². The van der Waals surface area contributed by atoms with Crippen LogP contribution in [0.4, 0.5) is 5.69 Å². The molecule has 0 saturated heterocycles. The first-order chi connectivity index (χ1) is 11.4. The van der Waals surface area contributed by atoms with E-state index in [-0.39, 0.29) is 11.8 Å². The molecule has 5 heteroatoms. The summed E-state index contributed by atoms with van der Waals surface area (Å²) in [4.78, 5) is 2.16. The fraction of sp³-hybridized carbons (Fsp3) is 0.368. The van der Waals surface area contributed by atoms with Gasteiger partial charge < -0.3 is 4.90 Å². The maximum absolute atomic E-state index is 13.1. The maximum Gasteiger partial charge on any atom is 0.239 e. The van der Waals surface area contributed by atoms with Crippen molar-refractivity contribution in [3.8, 4) is 0 Å². The quantitative estimate of drug-likeness (QED) is 0.854. The molecule has 0 N–H and O–H groups in total. The highest BCUT2D eigenvalue weighted by molar-refractivity contribution is 7.92. The molecule has 24 heavy (non-hydrogen) atoms. The number of fused-ring (bicyclic) bond motifs is 1. The molecular formula is C19H24N2O2S. The standard InChI is InChI=1S/C19H24N2O2S/c1-15-8-4-5-9-16(15)14-24(22,23)21-13-12-18(20(2)3)17-10-6-7-11-19(17)21/h4-11,18H,12-14H2,1-3H3. The van der Waals surface area contributed by atoms with E-state index in [0.717, 1.165) is 28.8 Å². The third-order valence-corrected chi connectivity index (χ3v) is 6.45. The molecule has 0 amide bonds. The summed E-state index contributed by atoms with van der Waals surface area (Å²) in [6.45, 7) is 2.48. The van der Waals surface area contributed by atoms with Crippen LogP contribution in [-0.4, -0.2) is 34.0 Å².